The number of hydrogen-bond acceptors (Lipinski definition) is 1. The highest BCUT2D eigenvalue weighted by atomic mass is 16.1. The van der Waals surface area contributed by atoms with Crippen LogP contribution in [0.1, 0.15) is 6.92 Å². The lowest BCUT2D eigenvalue weighted by atomic mass is 10.3. The van der Waals surface area contributed by atoms with Crippen LogP contribution >= 0.6 is 0 Å². The van der Waals surface area contributed by atoms with Crippen molar-refractivity contribution in [3.63, 3.8) is 0 Å². The maximum absolute atomic E-state index is 10.2. The molecule has 0 unspecified atom stereocenters. The topological polar surface area (TPSA) is 29.1 Å². The molecule has 0 aliphatic carbocycles. The molecule has 0 aromatic rings. The Bertz CT molecular complexity index is 96.3. The van der Waals surface area contributed by atoms with Gasteiger partial charge in [-0.1, -0.05) is 6.58 Å². The summed E-state index contributed by atoms with van der Waals surface area (Å²) in [6, 6.07) is 0. The number of nitrogens with one attached hydrogen (secondary N) is 1. The lowest BCUT2D eigenvalue weighted by molar-refractivity contribution is -0.116. The predicted molar refractivity (Wildman–Crippen MR) is 27.3 cm³/mol. The first-order valence-corrected chi connectivity index (χ1v) is 1.85. The van der Waals surface area contributed by atoms with Crippen LogP contribution in [0.5, 0.6) is 0 Å². The quantitative estimate of drug-likeness (QED) is 0.371. The number of hydrogen-bond donors (Lipinski definition) is 1. The Labute approximate surface area is 43.2 Å². The highest BCUT2D eigenvalue weighted by Crippen LogP contribution is 1.82. The van der Waals surface area contributed by atoms with Crippen molar-refractivity contribution < 1.29 is 4.79 Å². The largest absolute Gasteiger partial charge is 0.345 e. The second-order valence-electron chi connectivity index (χ2n) is 1.25. The summed E-state index contributed by atoms with van der Waals surface area (Å²) >= 11 is 0. The first kappa shape index (κ1) is 6.21. The average Bonchev–Trinajstić information content (AvgIpc) is 1.65. The van der Waals surface area contributed by atoms with Gasteiger partial charge < -0.3 is 5.32 Å². The Morgan fingerprint density at radius 1 is 1.86 bits per heavy atom. The van der Waals surface area contributed by atoms with Crippen molar-refractivity contribution in [2.75, 3.05) is 0 Å². The Hall–Kier alpha value is -0.790. The average molecular weight is 97.1 g/mol. The molecule has 1 N–H and O–H groups in total. The van der Waals surface area contributed by atoms with E-state index in [4.69, 9.17) is 7.05 Å². The standard InChI is InChI=1S/C5H7NO/c1-4(2)5(7)6-3/h3H,1H2,2H3,(H,6,7). The zero-order chi connectivity index (χ0) is 5.86. The molecule has 7 heavy (non-hydrogen) atoms. The molecule has 2 radical (unpaired) electrons. The Morgan fingerprint density at radius 3 is 2.29 bits per heavy atom. The summed E-state index contributed by atoms with van der Waals surface area (Å²) in [6.45, 7) is 4.92. The molecule has 2 nitrogen and oxygen atoms in total. The van der Waals surface area contributed by atoms with Gasteiger partial charge in [-0.15, -0.1) is 0 Å². The fourth-order valence-corrected chi connectivity index (χ4v) is 0.123. The molecule has 0 saturated heterocycles. The van der Waals surface area contributed by atoms with Crippen LogP contribution in [0.2, 0.25) is 0 Å². The van der Waals surface area contributed by atoms with Crippen molar-refractivity contribution in [1.29, 1.82) is 0 Å². The summed E-state index contributed by atoms with van der Waals surface area (Å²) < 4.78 is 0. The Morgan fingerprint density at radius 2 is 2.29 bits per heavy atom. The van der Waals surface area contributed by atoms with E-state index in [1.807, 2.05) is 5.32 Å². The van der Waals surface area contributed by atoms with Gasteiger partial charge in [-0.25, -0.2) is 0 Å². The zero-order valence-corrected chi connectivity index (χ0v) is 4.19. The summed E-state index contributed by atoms with van der Waals surface area (Å²) in [7, 11) is 4.71. The van der Waals surface area contributed by atoms with Gasteiger partial charge in [0.2, 0.25) is 5.91 Å². The van der Waals surface area contributed by atoms with Crippen molar-refractivity contribution in [1.82, 2.24) is 5.32 Å². The van der Waals surface area contributed by atoms with Crippen LogP contribution in [0.4, 0.5) is 0 Å². The van der Waals surface area contributed by atoms with Gasteiger partial charge >= 0.3 is 0 Å². The minimum absolute atomic E-state index is 0.319. The lowest BCUT2D eigenvalue weighted by Gasteiger charge is -1.91. The second-order valence-corrected chi connectivity index (χ2v) is 1.25. The van der Waals surface area contributed by atoms with E-state index in [-0.39, 0.29) is 5.91 Å². The van der Waals surface area contributed by atoms with Crippen molar-refractivity contribution in [3.05, 3.63) is 19.2 Å². The molecule has 1 amide bonds. The fourth-order valence-electron chi connectivity index (χ4n) is 0.123. The summed E-state index contributed by atoms with van der Waals surface area (Å²) in [5.74, 6) is -0.319. The van der Waals surface area contributed by atoms with Crippen LogP contribution in [-0.2, 0) is 4.79 Å². The predicted octanol–water partition coefficient (Wildman–Crippen LogP) is 0.347. The SMILES string of the molecule is [CH]NC(=O)C(=C)C. The molecule has 0 bridgehead atoms. The smallest absolute Gasteiger partial charge is 0.246 e. The van der Waals surface area contributed by atoms with Crippen LogP contribution in [0.15, 0.2) is 12.2 Å². The molecule has 0 fully saturated rings. The molecule has 0 saturated carbocycles. The van der Waals surface area contributed by atoms with E-state index in [0.717, 1.165) is 0 Å². The number of carbonyl (C=O) groups excluding carboxylic acids is 1. The maximum Gasteiger partial charge on any atom is 0.246 e. The molecular weight excluding hydrogens is 90.1 g/mol. The minimum Gasteiger partial charge on any atom is -0.345 e. The molecule has 0 spiro atoms. The molecule has 2 heteroatoms. The summed E-state index contributed by atoms with van der Waals surface area (Å²) in [5.41, 5.74) is 0.419. The summed E-state index contributed by atoms with van der Waals surface area (Å²) in [5, 5.41) is 1.93. The van der Waals surface area contributed by atoms with E-state index in [9.17, 15) is 4.79 Å². The number of rotatable bonds is 1. The van der Waals surface area contributed by atoms with E-state index < -0.39 is 0 Å². The Kier molecular flexibility index (Phi) is 2.12. The van der Waals surface area contributed by atoms with Gasteiger partial charge in [0, 0.05) is 5.57 Å². The number of carbonyl (C=O) groups is 1. The maximum atomic E-state index is 10.2. The molecule has 0 aromatic carbocycles. The van der Waals surface area contributed by atoms with Crippen molar-refractivity contribution >= 4 is 5.91 Å². The molecule has 0 aliphatic rings. The molecule has 0 heterocycles. The fraction of sp³-hybridized carbons (Fsp3) is 0.200. The van der Waals surface area contributed by atoms with Crippen LogP contribution in [0.3, 0.4) is 0 Å². The van der Waals surface area contributed by atoms with E-state index in [2.05, 4.69) is 6.58 Å². The van der Waals surface area contributed by atoms with Crippen LogP contribution in [0.25, 0.3) is 0 Å². The van der Waals surface area contributed by atoms with Crippen LogP contribution in [-0.4, -0.2) is 5.91 Å². The zero-order valence-electron chi connectivity index (χ0n) is 4.19. The van der Waals surface area contributed by atoms with Crippen LogP contribution < -0.4 is 5.32 Å². The van der Waals surface area contributed by atoms with E-state index >= 15 is 0 Å². The second kappa shape index (κ2) is 2.39. The summed E-state index contributed by atoms with van der Waals surface area (Å²) in [4.78, 5) is 10.2. The third kappa shape index (κ3) is 1.98. The normalized spacial score (nSPS) is 7.71. The van der Waals surface area contributed by atoms with Crippen molar-refractivity contribution in [3.8, 4) is 0 Å². The van der Waals surface area contributed by atoms with Gasteiger partial charge in [-0.3, -0.25) is 4.79 Å². The molecule has 0 atom stereocenters. The molecular formula is C5H7NO. The van der Waals surface area contributed by atoms with Gasteiger partial charge in [-0.2, -0.15) is 0 Å². The summed E-state index contributed by atoms with van der Waals surface area (Å²) in [6.07, 6.45) is 0. The molecule has 0 rings (SSSR count). The van der Waals surface area contributed by atoms with E-state index in [0.29, 0.717) is 5.57 Å². The number of amides is 1. The van der Waals surface area contributed by atoms with Gasteiger partial charge in [0.05, 0.1) is 7.05 Å². The Balaban J connectivity index is 3.58. The van der Waals surface area contributed by atoms with Gasteiger partial charge in [0.15, 0.2) is 0 Å². The third-order valence-electron chi connectivity index (χ3n) is 0.519. The van der Waals surface area contributed by atoms with E-state index in [1.165, 1.54) is 0 Å². The van der Waals surface area contributed by atoms with Gasteiger partial charge in [0.1, 0.15) is 0 Å². The highest BCUT2D eigenvalue weighted by Gasteiger charge is 1.92. The monoisotopic (exact) mass is 97.1 g/mol. The van der Waals surface area contributed by atoms with Gasteiger partial charge in [0.25, 0.3) is 0 Å². The molecule has 0 aromatic heterocycles. The van der Waals surface area contributed by atoms with Crippen molar-refractivity contribution in [2.45, 2.75) is 6.92 Å². The van der Waals surface area contributed by atoms with E-state index in [1.54, 1.807) is 6.92 Å². The van der Waals surface area contributed by atoms with Gasteiger partial charge in [-0.05, 0) is 6.92 Å². The molecule has 0 aliphatic heterocycles. The van der Waals surface area contributed by atoms with Crippen LogP contribution in [0, 0.1) is 7.05 Å². The first-order valence-electron chi connectivity index (χ1n) is 1.85. The first-order chi connectivity index (χ1) is 3.18. The lowest BCUT2D eigenvalue weighted by Crippen LogP contribution is -2.15. The van der Waals surface area contributed by atoms with Crippen molar-refractivity contribution in [2.24, 2.45) is 0 Å². The molecule has 38 valence electrons. The highest BCUT2D eigenvalue weighted by molar-refractivity contribution is 5.92. The minimum atomic E-state index is -0.319. The third-order valence-corrected chi connectivity index (χ3v) is 0.519.